The van der Waals surface area contributed by atoms with Gasteiger partial charge in [0.2, 0.25) is 11.8 Å². The van der Waals surface area contributed by atoms with Crippen LogP contribution in [0.2, 0.25) is 0 Å². The van der Waals surface area contributed by atoms with Crippen LogP contribution in [0.15, 0.2) is 83.5 Å². The van der Waals surface area contributed by atoms with E-state index in [0.717, 1.165) is 16.9 Å². The summed E-state index contributed by atoms with van der Waals surface area (Å²) in [5.74, 6) is 1.64. The molecular formula is C25H22FN3O3. The zero-order chi connectivity index (χ0) is 22.2. The molecule has 0 saturated carbocycles. The van der Waals surface area contributed by atoms with Crippen molar-refractivity contribution in [1.82, 2.24) is 15.3 Å². The van der Waals surface area contributed by atoms with Gasteiger partial charge in [0.1, 0.15) is 11.6 Å². The van der Waals surface area contributed by atoms with E-state index in [-0.39, 0.29) is 11.7 Å². The van der Waals surface area contributed by atoms with Crippen molar-refractivity contribution in [2.24, 2.45) is 0 Å². The summed E-state index contributed by atoms with van der Waals surface area (Å²) in [6.07, 6.45) is 4.93. The van der Waals surface area contributed by atoms with Crippen molar-refractivity contribution in [2.45, 2.75) is 25.8 Å². The molecule has 1 amide bonds. The molecule has 2 heterocycles. The molecule has 0 aliphatic heterocycles. The summed E-state index contributed by atoms with van der Waals surface area (Å²) in [6, 6.07) is 19.1. The third-order valence-electron chi connectivity index (χ3n) is 4.71. The number of benzene rings is 2. The van der Waals surface area contributed by atoms with Gasteiger partial charge in [-0.1, -0.05) is 42.5 Å². The standard InChI is InChI=1S/C25H22FN3O3/c26-20-8-4-9-21(14-20)31-25-13-12-18(16-28-25)15-27-23(30)10-5-11-24-29-17-22(32-24)19-6-2-1-3-7-19/h1-4,6-9,12-14,16-17H,5,10-11,15H2,(H,27,30). The van der Waals surface area contributed by atoms with Gasteiger partial charge in [0, 0.05) is 43.3 Å². The lowest BCUT2D eigenvalue weighted by Gasteiger charge is -2.07. The van der Waals surface area contributed by atoms with E-state index in [4.69, 9.17) is 9.15 Å². The number of aromatic nitrogens is 2. The highest BCUT2D eigenvalue weighted by atomic mass is 19.1. The molecular weight excluding hydrogens is 409 g/mol. The van der Waals surface area contributed by atoms with Gasteiger partial charge in [0.05, 0.1) is 6.20 Å². The molecule has 4 aromatic rings. The molecule has 0 atom stereocenters. The minimum atomic E-state index is -0.374. The normalized spacial score (nSPS) is 10.7. The first-order chi connectivity index (χ1) is 15.7. The number of rotatable bonds is 9. The van der Waals surface area contributed by atoms with Gasteiger partial charge < -0.3 is 14.5 Å². The topological polar surface area (TPSA) is 77.2 Å². The lowest BCUT2D eigenvalue weighted by molar-refractivity contribution is -0.121. The third-order valence-corrected chi connectivity index (χ3v) is 4.71. The summed E-state index contributed by atoms with van der Waals surface area (Å²) in [5, 5.41) is 2.87. The predicted octanol–water partition coefficient (Wildman–Crippen LogP) is 5.31. The second kappa shape index (κ2) is 10.3. The number of carbonyl (C=O) groups is 1. The minimum absolute atomic E-state index is 0.0556. The molecule has 0 saturated heterocycles. The number of oxazole rings is 1. The Balaban J connectivity index is 1.18. The summed E-state index contributed by atoms with van der Waals surface area (Å²) < 4.78 is 24.5. The molecule has 2 aromatic carbocycles. The third kappa shape index (κ3) is 6.01. The van der Waals surface area contributed by atoms with E-state index in [1.165, 1.54) is 12.1 Å². The van der Waals surface area contributed by atoms with Gasteiger partial charge in [-0.2, -0.15) is 0 Å². The molecule has 0 radical (unpaired) electrons. The first-order valence-electron chi connectivity index (χ1n) is 10.3. The van der Waals surface area contributed by atoms with Crippen molar-refractivity contribution in [3.8, 4) is 23.0 Å². The zero-order valence-electron chi connectivity index (χ0n) is 17.3. The maximum Gasteiger partial charge on any atom is 0.220 e. The fourth-order valence-electron chi connectivity index (χ4n) is 3.08. The van der Waals surface area contributed by atoms with Crippen molar-refractivity contribution >= 4 is 5.91 Å². The molecule has 162 valence electrons. The number of nitrogens with zero attached hydrogens (tertiary/aromatic N) is 2. The number of amides is 1. The lowest BCUT2D eigenvalue weighted by Crippen LogP contribution is -2.22. The first-order valence-corrected chi connectivity index (χ1v) is 10.3. The summed E-state index contributed by atoms with van der Waals surface area (Å²) >= 11 is 0. The Labute approximate surface area is 185 Å². The van der Waals surface area contributed by atoms with Gasteiger partial charge >= 0.3 is 0 Å². The molecule has 2 aromatic heterocycles. The predicted molar refractivity (Wildman–Crippen MR) is 117 cm³/mol. The molecule has 0 spiro atoms. The van der Waals surface area contributed by atoms with Gasteiger partial charge in [-0.05, 0) is 24.1 Å². The van der Waals surface area contributed by atoms with Crippen LogP contribution in [-0.4, -0.2) is 15.9 Å². The molecule has 1 N–H and O–H groups in total. The summed E-state index contributed by atoms with van der Waals surface area (Å²) in [4.78, 5) is 20.6. The monoisotopic (exact) mass is 431 g/mol. The zero-order valence-corrected chi connectivity index (χ0v) is 17.3. The number of ether oxygens (including phenoxy) is 1. The first kappa shape index (κ1) is 21.2. The number of nitrogens with one attached hydrogen (secondary N) is 1. The molecule has 0 fully saturated rings. The van der Waals surface area contributed by atoms with E-state index in [2.05, 4.69) is 15.3 Å². The van der Waals surface area contributed by atoms with Crippen LogP contribution < -0.4 is 10.1 Å². The number of halogens is 1. The van der Waals surface area contributed by atoms with E-state index in [0.29, 0.717) is 43.3 Å². The number of aryl methyl sites for hydroxylation is 1. The van der Waals surface area contributed by atoms with Crippen LogP contribution in [0.4, 0.5) is 4.39 Å². The number of hydrogen-bond acceptors (Lipinski definition) is 5. The van der Waals surface area contributed by atoms with Crippen molar-refractivity contribution in [3.05, 3.63) is 96.4 Å². The molecule has 7 heteroatoms. The van der Waals surface area contributed by atoms with Crippen LogP contribution >= 0.6 is 0 Å². The van der Waals surface area contributed by atoms with Crippen LogP contribution in [0.3, 0.4) is 0 Å². The van der Waals surface area contributed by atoms with E-state index in [1.807, 2.05) is 30.3 Å². The van der Waals surface area contributed by atoms with Gasteiger partial charge in [0.25, 0.3) is 0 Å². The van der Waals surface area contributed by atoms with Crippen molar-refractivity contribution in [3.63, 3.8) is 0 Å². The van der Waals surface area contributed by atoms with Crippen LogP contribution in [0.5, 0.6) is 11.6 Å². The molecule has 4 rings (SSSR count). The van der Waals surface area contributed by atoms with Gasteiger partial charge in [-0.25, -0.2) is 14.4 Å². The van der Waals surface area contributed by atoms with Crippen LogP contribution in [0.25, 0.3) is 11.3 Å². The number of pyridine rings is 1. The largest absolute Gasteiger partial charge is 0.441 e. The molecule has 0 aliphatic carbocycles. The van der Waals surface area contributed by atoms with Crippen LogP contribution in [-0.2, 0) is 17.8 Å². The highest BCUT2D eigenvalue weighted by Crippen LogP contribution is 2.21. The average Bonchev–Trinajstić information content (AvgIpc) is 3.28. The average molecular weight is 431 g/mol. The van der Waals surface area contributed by atoms with Crippen molar-refractivity contribution in [2.75, 3.05) is 0 Å². The Morgan fingerprint density at radius 1 is 1.00 bits per heavy atom. The lowest BCUT2D eigenvalue weighted by atomic mass is 10.2. The van der Waals surface area contributed by atoms with Crippen molar-refractivity contribution in [1.29, 1.82) is 0 Å². The van der Waals surface area contributed by atoms with Crippen LogP contribution in [0.1, 0.15) is 24.3 Å². The Kier molecular flexibility index (Phi) is 6.87. The molecule has 0 bridgehead atoms. The second-order valence-corrected chi connectivity index (χ2v) is 7.18. The maximum atomic E-state index is 13.2. The highest BCUT2D eigenvalue weighted by molar-refractivity contribution is 5.75. The quantitative estimate of drug-likeness (QED) is 0.389. The van der Waals surface area contributed by atoms with Gasteiger partial charge in [-0.15, -0.1) is 0 Å². The maximum absolute atomic E-state index is 13.2. The highest BCUT2D eigenvalue weighted by Gasteiger charge is 2.08. The molecule has 32 heavy (non-hydrogen) atoms. The Hall–Kier alpha value is -4.00. The number of hydrogen-bond donors (Lipinski definition) is 1. The van der Waals surface area contributed by atoms with E-state index in [9.17, 15) is 9.18 Å². The van der Waals surface area contributed by atoms with Gasteiger partial charge in [0.15, 0.2) is 11.7 Å². The smallest absolute Gasteiger partial charge is 0.220 e. The van der Waals surface area contributed by atoms with Crippen LogP contribution in [0, 0.1) is 5.82 Å². The summed E-state index contributed by atoms with van der Waals surface area (Å²) in [5.41, 5.74) is 1.81. The van der Waals surface area contributed by atoms with E-state index >= 15 is 0 Å². The Bertz CT molecular complexity index is 1160. The Morgan fingerprint density at radius 2 is 1.88 bits per heavy atom. The molecule has 6 nitrogen and oxygen atoms in total. The number of carbonyl (C=O) groups excluding carboxylic acids is 1. The fourth-order valence-corrected chi connectivity index (χ4v) is 3.08. The summed E-state index contributed by atoms with van der Waals surface area (Å²) in [7, 11) is 0. The molecule has 0 unspecified atom stereocenters. The minimum Gasteiger partial charge on any atom is -0.441 e. The van der Waals surface area contributed by atoms with Gasteiger partial charge in [-0.3, -0.25) is 4.79 Å². The van der Waals surface area contributed by atoms with E-state index < -0.39 is 0 Å². The second-order valence-electron chi connectivity index (χ2n) is 7.18. The fraction of sp³-hybridized carbons (Fsp3) is 0.160. The molecule has 0 aliphatic rings. The Morgan fingerprint density at radius 3 is 2.66 bits per heavy atom. The summed E-state index contributed by atoms with van der Waals surface area (Å²) in [6.45, 7) is 0.364. The van der Waals surface area contributed by atoms with Crippen molar-refractivity contribution < 1.29 is 18.3 Å². The SMILES string of the molecule is O=C(CCCc1ncc(-c2ccccc2)o1)NCc1ccc(Oc2cccc(F)c2)nc1. The van der Waals surface area contributed by atoms with E-state index in [1.54, 1.807) is 36.7 Å².